The van der Waals surface area contributed by atoms with Crippen molar-refractivity contribution in [2.45, 2.75) is 32.2 Å². The minimum Gasteiger partial charge on any atom is -0.324 e. The highest BCUT2D eigenvalue weighted by molar-refractivity contribution is 6.37. The van der Waals surface area contributed by atoms with Crippen molar-refractivity contribution in [2.24, 2.45) is 0 Å². The van der Waals surface area contributed by atoms with Gasteiger partial charge in [-0.15, -0.1) is 0 Å². The average molecular weight is 516 g/mol. The zero-order valence-corrected chi connectivity index (χ0v) is 20.4. The van der Waals surface area contributed by atoms with Gasteiger partial charge in [0, 0.05) is 36.6 Å². The van der Waals surface area contributed by atoms with Crippen LogP contribution in [-0.2, 0) is 12.0 Å². The zero-order chi connectivity index (χ0) is 24.9. The summed E-state index contributed by atoms with van der Waals surface area (Å²) in [5, 5.41) is 6.72. The Labute approximate surface area is 209 Å². The number of nitrogens with one attached hydrogen (secondary N) is 2. The van der Waals surface area contributed by atoms with Crippen molar-refractivity contribution in [1.29, 1.82) is 0 Å². The fourth-order valence-corrected chi connectivity index (χ4v) is 5.04. The number of rotatable bonds is 4. The third kappa shape index (κ3) is 4.26. The summed E-state index contributed by atoms with van der Waals surface area (Å²) in [6.45, 7) is 5.96. The molecular formula is C25H21Cl2F2N5O. The molecule has 0 saturated carbocycles. The quantitative estimate of drug-likeness (QED) is 0.341. The first-order valence-electron chi connectivity index (χ1n) is 10.9. The van der Waals surface area contributed by atoms with Gasteiger partial charge in [0.1, 0.15) is 0 Å². The van der Waals surface area contributed by atoms with E-state index in [1.165, 1.54) is 23.9 Å². The molecule has 1 aliphatic heterocycles. The second kappa shape index (κ2) is 8.86. The summed E-state index contributed by atoms with van der Waals surface area (Å²) < 4.78 is 29.2. The van der Waals surface area contributed by atoms with Crippen LogP contribution < -0.4 is 16.2 Å². The van der Waals surface area contributed by atoms with Crippen molar-refractivity contribution in [3.8, 4) is 5.69 Å². The van der Waals surface area contributed by atoms with Gasteiger partial charge in [0.2, 0.25) is 5.95 Å². The van der Waals surface area contributed by atoms with E-state index in [9.17, 15) is 13.6 Å². The van der Waals surface area contributed by atoms with Crippen molar-refractivity contribution >= 4 is 45.7 Å². The van der Waals surface area contributed by atoms with E-state index >= 15 is 0 Å². The Morgan fingerprint density at radius 1 is 1.17 bits per heavy atom. The number of pyridine rings is 1. The van der Waals surface area contributed by atoms with Crippen molar-refractivity contribution in [1.82, 2.24) is 19.9 Å². The summed E-state index contributed by atoms with van der Waals surface area (Å²) in [5.74, 6) is 0.107. The first kappa shape index (κ1) is 23.7. The molecule has 2 N–H and O–H groups in total. The van der Waals surface area contributed by atoms with Gasteiger partial charge in [-0.05, 0) is 35.4 Å². The third-order valence-corrected chi connectivity index (χ3v) is 6.78. The maximum Gasteiger partial charge on any atom is 0.267 e. The number of fused-ring (bicyclic) bond motifs is 2. The number of hydrogen-bond donors (Lipinski definition) is 2. The van der Waals surface area contributed by atoms with Crippen LogP contribution in [0.2, 0.25) is 10.0 Å². The van der Waals surface area contributed by atoms with Gasteiger partial charge in [-0.3, -0.25) is 9.36 Å². The zero-order valence-electron chi connectivity index (χ0n) is 18.9. The summed E-state index contributed by atoms with van der Waals surface area (Å²) in [7, 11) is 0. The smallest absolute Gasteiger partial charge is 0.267 e. The molecule has 180 valence electrons. The lowest BCUT2D eigenvalue weighted by Crippen LogP contribution is -2.38. The number of aromatic nitrogens is 3. The maximum absolute atomic E-state index is 14.1. The molecule has 0 radical (unpaired) electrons. The standard InChI is InChI=1S/C25H21Cl2F2N5O/c1-25(2)12-30-9-13-8-14(6-7-17(13)25)32-24-31-10-15-20(33-24)16(22(28)29)11-34(23(15)35)21-18(26)4-3-5-19(21)27/h3-8,10-11,22,30H,9,12H2,1-2H3,(H,31,32,33). The van der Waals surface area contributed by atoms with E-state index in [0.29, 0.717) is 0 Å². The van der Waals surface area contributed by atoms with E-state index in [-0.39, 0.29) is 38.0 Å². The molecule has 0 aliphatic carbocycles. The number of benzene rings is 2. The van der Waals surface area contributed by atoms with Crippen LogP contribution in [0.25, 0.3) is 16.6 Å². The second-order valence-electron chi connectivity index (χ2n) is 9.07. The molecule has 2 aromatic carbocycles. The summed E-state index contributed by atoms with van der Waals surface area (Å²) in [4.78, 5) is 21.7. The number of halogens is 4. The minimum atomic E-state index is -2.90. The maximum atomic E-state index is 14.1. The summed E-state index contributed by atoms with van der Waals surface area (Å²) in [6.07, 6.45) is -0.625. The fraction of sp³-hybridized carbons (Fsp3) is 0.240. The van der Waals surface area contributed by atoms with Gasteiger partial charge in [0.15, 0.2) is 0 Å². The molecule has 0 amide bonds. The van der Waals surface area contributed by atoms with Crippen LogP contribution in [0, 0.1) is 0 Å². The molecule has 0 atom stereocenters. The molecule has 3 heterocycles. The minimum absolute atomic E-state index is 0.00216. The first-order valence-corrected chi connectivity index (χ1v) is 11.7. The molecule has 0 unspecified atom stereocenters. The largest absolute Gasteiger partial charge is 0.324 e. The first-order chi connectivity index (χ1) is 16.7. The Bertz CT molecular complexity index is 1500. The molecule has 6 nitrogen and oxygen atoms in total. The van der Waals surface area contributed by atoms with Gasteiger partial charge >= 0.3 is 0 Å². The molecule has 35 heavy (non-hydrogen) atoms. The Hall–Kier alpha value is -3.07. The van der Waals surface area contributed by atoms with Crippen molar-refractivity contribution in [2.75, 3.05) is 11.9 Å². The molecule has 0 saturated heterocycles. The van der Waals surface area contributed by atoms with Gasteiger partial charge in [-0.2, -0.15) is 0 Å². The molecule has 4 aromatic rings. The number of hydrogen-bond acceptors (Lipinski definition) is 5. The van der Waals surface area contributed by atoms with Crippen LogP contribution in [0.1, 0.15) is 37.0 Å². The fourth-order valence-electron chi connectivity index (χ4n) is 4.46. The van der Waals surface area contributed by atoms with Crippen molar-refractivity contribution in [3.05, 3.63) is 85.9 Å². The van der Waals surface area contributed by atoms with E-state index in [1.807, 2.05) is 12.1 Å². The Morgan fingerprint density at radius 2 is 1.91 bits per heavy atom. The predicted octanol–water partition coefficient (Wildman–Crippen LogP) is 6.15. The van der Waals surface area contributed by atoms with E-state index in [4.69, 9.17) is 23.2 Å². The van der Waals surface area contributed by atoms with E-state index in [2.05, 4.69) is 40.5 Å². The lowest BCUT2D eigenvalue weighted by atomic mass is 9.79. The molecule has 2 aromatic heterocycles. The monoisotopic (exact) mass is 515 g/mol. The topological polar surface area (TPSA) is 71.8 Å². The highest BCUT2D eigenvalue weighted by atomic mass is 35.5. The molecular weight excluding hydrogens is 495 g/mol. The van der Waals surface area contributed by atoms with Gasteiger partial charge in [0.05, 0.1) is 32.2 Å². The molecule has 1 aliphatic rings. The summed E-state index contributed by atoms with van der Waals surface area (Å²) in [5.41, 5.74) is 2.06. The SMILES string of the molecule is CC1(C)CNCc2cc(Nc3ncc4c(=O)n(-c5c(Cl)cccc5Cl)cc(C(F)F)c4n3)ccc21. The number of para-hydroxylation sites is 1. The van der Waals surface area contributed by atoms with Crippen molar-refractivity contribution in [3.63, 3.8) is 0 Å². The number of anilines is 2. The Balaban J connectivity index is 1.59. The van der Waals surface area contributed by atoms with Crippen LogP contribution in [0.5, 0.6) is 0 Å². The van der Waals surface area contributed by atoms with Gasteiger partial charge in [-0.25, -0.2) is 18.7 Å². The van der Waals surface area contributed by atoms with Gasteiger partial charge in [0.25, 0.3) is 12.0 Å². The Kier molecular flexibility index (Phi) is 5.99. The molecule has 0 fully saturated rings. The highest BCUT2D eigenvalue weighted by Crippen LogP contribution is 2.33. The third-order valence-electron chi connectivity index (χ3n) is 6.17. The van der Waals surface area contributed by atoms with Gasteiger partial charge < -0.3 is 10.6 Å². The molecule has 0 spiro atoms. The average Bonchev–Trinajstić information content (AvgIpc) is 2.80. The van der Waals surface area contributed by atoms with E-state index in [0.717, 1.165) is 35.1 Å². The van der Waals surface area contributed by atoms with Crippen LogP contribution in [0.3, 0.4) is 0 Å². The Morgan fingerprint density at radius 3 is 2.63 bits per heavy atom. The number of alkyl halides is 2. The molecule has 0 bridgehead atoms. The van der Waals surface area contributed by atoms with E-state index < -0.39 is 17.5 Å². The van der Waals surface area contributed by atoms with E-state index in [1.54, 1.807) is 6.07 Å². The molecule has 5 rings (SSSR count). The van der Waals surface area contributed by atoms with Crippen LogP contribution in [0.4, 0.5) is 20.4 Å². The normalized spacial score (nSPS) is 14.8. The lowest BCUT2D eigenvalue weighted by Gasteiger charge is -2.33. The summed E-state index contributed by atoms with van der Waals surface area (Å²) in [6, 6.07) is 10.6. The number of nitrogens with zero attached hydrogens (tertiary/aromatic N) is 3. The van der Waals surface area contributed by atoms with Crippen LogP contribution in [0.15, 0.2) is 53.6 Å². The van der Waals surface area contributed by atoms with Crippen molar-refractivity contribution < 1.29 is 8.78 Å². The van der Waals surface area contributed by atoms with Gasteiger partial charge in [-0.1, -0.05) is 49.2 Å². The highest BCUT2D eigenvalue weighted by Gasteiger charge is 2.27. The summed E-state index contributed by atoms with van der Waals surface area (Å²) >= 11 is 12.5. The lowest BCUT2D eigenvalue weighted by molar-refractivity contribution is 0.152. The van der Waals surface area contributed by atoms with Crippen LogP contribution >= 0.6 is 23.2 Å². The predicted molar refractivity (Wildman–Crippen MR) is 135 cm³/mol. The molecule has 10 heteroatoms. The van der Waals surface area contributed by atoms with Crippen LogP contribution in [-0.4, -0.2) is 21.1 Å². The second-order valence-corrected chi connectivity index (χ2v) is 9.89.